The number of hydrogen-bond donors (Lipinski definition) is 2. The molecule has 2 amide bonds. The number of carbonyl (C=O) groups is 2. The van der Waals surface area contributed by atoms with E-state index in [1.54, 1.807) is 0 Å². The highest BCUT2D eigenvalue weighted by molar-refractivity contribution is 5.89. The Morgan fingerprint density at radius 2 is 1.89 bits per heavy atom. The van der Waals surface area contributed by atoms with Gasteiger partial charge in [-0.2, -0.15) is 0 Å². The number of aromatic amines is 1. The number of aromatic nitrogens is 1. The van der Waals surface area contributed by atoms with E-state index in [1.165, 1.54) is 47.7 Å². The maximum absolute atomic E-state index is 14.1. The van der Waals surface area contributed by atoms with E-state index in [2.05, 4.69) is 51.4 Å². The summed E-state index contributed by atoms with van der Waals surface area (Å²) in [6.45, 7) is 12.0. The van der Waals surface area contributed by atoms with Gasteiger partial charge in [0.25, 0.3) is 0 Å². The maximum atomic E-state index is 14.1. The molecular formula is C30H44N4O2. The van der Waals surface area contributed by atoms with Crippen LogP contribution >= 0.6 is 0 Å². The third-order valence-electron chi connectivity index (χ3n) is 9.30. The second kappa shape index (κ2) is 10.2. The number of carbonyl (C=O) groups excluding carboxylic acids is 2. The molecular weight excluding hydrogens is 448 g/mol. The summed E-state index contributed by atoms with van der Waals surface area (Å²) in [7, 11) is 0. The molecule has 0 spiro atoms. The Morgan fingerprint density at radius 1 is 1.14 bits per heavy atom. The molecule has 1 aliphatic carbocycles. The fourth-order valence-electron chi connectivity index (χ4n) is 7.05. The predicted molar refractivity (Wildman–Crippen MR) is 145 cm³/mol. The minimum Gasteiger partial charge on any atom is -0.361 e. The van der Waals surface area contributed by atoms with Crippen molar-refractivity contribution in [3.63, 3.8) is 0 Å². The number of aryl methyl sites for hydroxylation is 1. The largest absolute Gasteiger partial charge is 0.361 e. The van der Waals surface area contributed by atoms with Gasteiger partial charge in [0.1, 0.15) is 6.04 Å². The first-order valence-corrected chi connectivity index (χ1v) is 14.2. The Morgan fingerprint density at radius 3 is 2.58 bits per heavy atom. The molecule has 0 bridgehead atoms. The normalized spacial score (nSPS) is 26.6. The van der Waals surface area contributed by atoms with E-state index in [9.17, 15) is 9.59 Å². The van der Waals surface area contributed by atoms with Gasteiger partial charge in [0.15, 0.2) is 0 Å². The third-order valence-corrected chi connectivity index (χ3v) is 9.30. The van der Waals surface area contributed by atoms with Crippen molar-refractivity contribution in [3.05, 3.63) is 35.5 Å². The second-order valence-electron chi connectivity index (χ2n) is 12.0. The highest BCUT2D eigenvalue weighted by atomic mass is 16.2. The van der Waals surface area contributed by atoms with E-state index in [4.69, 9.17) is 0 Å². The molecule has 36 heavy (non-hydrogen) atoms. The van der Waals surface area contributed by atoms with Gasteiger partial charge in [-0.15, -0.1) is 0 Å². The number of rotatable bonds is 7. The van der Waals surface area contributed by atoms with Crippen LogP contribution in [0.2, 0.25) is 0 Å². The monoisotopic (exact) mass is 492 g/mol. The summed E-state index contributed by atoms with van der Waals surface area (Å²) in [5.74, 6) is 0.325. The highest BCUT2D eigenvalue weighted by Gasteiger charge is 2.53. The van der Waals surface area contributed by atoms with Crippen LogP contribution in [0.25, 0.3) is 10.9 Å². The lowest BCUT2D eigenvalue weighted by Crippen LogP contribution is -2.54. The summed E-state index contributed by atoms with van der Waals surface area (Å²) in [5.41, 5.74) is 3.77. The molecule has 2 aliphatic heterocycles. The number of amides is 2. The average molecular weight is 493 g/mol. The third kappa shape index (κ3) is 4.46. The van der Waals surface area contributed by atoms with E-state index in [1.807, 2.05) is 27.7 Å². The van der Waals surface area contributed by atoms with Crippen LogP contribution in [-0.4, -0.2) is 63.9 Å². The van der Waals surface area contributed by atoms with Crippen LogP contribution in [-0.2, 0) is 9.59 Å². The molecule has 3 heterocycles. The topological polar surface area (TPSA) is 68.4 Å². The molecule has 2 aromatic rings. The fraction of sp³-hybridized carbons (Fsp3) is 0.667. The highest BCUT2D eigenvalue weighted by Crippen LogP contribution is 2.46. The van der Waals surface area contributed by atoms with Crippen LogP contribution in [0, 0.1) is 18.8 Å². The Hall–Kier alpha value is -2.34. The minimum atomic E-state index is -0.475. The van der Waals surface area contributed by atoms with Gasteiger partial charge in [0, 0.05) is 54.1 Å². The molecule has 1 aromatic carbocycles. The summed E-state index contributed by atoms with van der Waals surface area (Å²) < 4.78 is 0. The molecule has 3 aliphatic rings. The molecule has 5 atom stereocenters. The molecule has 1 aromatic heterocycles. The molecule has 2 saturated heterocycles. The van der Waals surface area contributed by atoms with Crippen molar-refractivity contribution in [3.8, 4) is 0 Å². The number of hydrogen-bond acceptors (Lipinski definition) is 3. The quantitative estimate of drug-likeness (QED) is 0.573. The first-order chi connectivity index (χ1) is 17.3. The number of fused-ring (bicyclic) bond motifs is 2. The summed E-state index contributed by atoms with van der Waals surface area (Å²) in [5, 5.41) is 4.41. The second-order valence-corrected chi connectivity index (χ2v) is 12.0. The van der Waals surface area contributed by atoms with Gasteiger partial charge in [-0.05, 0) is 55.7 Å². The zero-order valence-corrected chi connectivity index (χ0v) is 22.7. The van der Waals surface area contributed by atoms with Crippen molar-refractivity contribution in [1.29, 1.82) is 0 Å². The number of H-pyrrole nitrogens is 1. The summed E-state index contributed by atoms with van der Waals surface area (Å²) >= 11 is 0. The van der Waals surface area contributed by atoms with Gasteiger partial charge in [-0.1, -0.05) is 52.7 Å². The molecule has 0 unspecified atom stereocenters. The van der Waals surface area contributed by atoms with Gasteiger partial charge in [-0.3, -0.25) is 14.5 Å². The molecule has 0 radical (unpaired) electrons. The van der Waals surface area contributed by atoms with E-state index in [0.717, 1.165) is 25.9 Å². The lowest BCUT2D eigenvalue weighted by atomic mass is 9.90. The summed E-state index contributed by atoms with van der Waals surface area (Å²) in [6, 6.07) is 7.37. The average Bonchev–Trinajstić information content (AvgIpc) is 3.64. The van der Waals surface area contributed by atoms with Crippen molar-refractivity contribution < 1.29 is 9.59 Å². The molecule has 3 fully saturated rings. The minimum absolute atomic E-state index is 0.0113. The number of nitrogens with one attached hydrogen (secondary N) is 2. The van der Waals surface area contributed by atoms with Crippen molar-refractivity contribution >= 4 is 22.7 Å². The van der Waals surface area contributed by atoms with Gasteiger partial charge >= 0.3 is 0 Å². The molecule has 5 rings (SSSR count). The van der Waals surface area contributed by atoms with E-state index in [-0.39, 0.29) is 35.6 Å². The smallest absolute Gasteiger partial charge is 0.245 e. The molecule has 6 nitrogen and oxygen atoms in total. The van der Waals surface area contributed by atoms with E-state index in [0.29, 0.717) is 12.1 Å². The summed E-state index contributed by atoms with van der Waals surface area (Å²) in [6.07, 6.45) is 9.17. The Bertz CT molecular complexity index is 1100. The number of likely N-dealkylation sites (tertiary alicyclic amines) is 2. The molecule has 6 heteroatoms. The van der Waals surface area contributed by atoms with Crippen LogP contribution in [0.5, 0.6) is 0 Å². The van der Waals surface area contributed by atoms with Gasteiger partial charge in [0.05, 0.1) is 6.04 Å². The Kier molecular flexibility index (Phi) is 7.17. The molecule has 2 N–H and O–H groups in total. The van der Waals surface area contributed by atoms with Gasteiger partial charge < -0.3 is 15.2 Å². The van der Waals surface area contributed by atoms with E-state index < -0.39 is 6.04 Å². The van der Waals surface area contributed by atoms with Crippen molar-refractivity contribution in [2.24, 2.45) is 11.8 Å². The summed E-state index contributed by atoms with van der Waals surface area (Å²) in [4.78, 5) is 35.3. The zero-order valence-electron chi connectivity index (χ0n) is 22.7. The maximum Gasteiger partial charge on any atom is 0.245 e. The van der Waals surface area contributed by atoms with Crippen molar-refractivity contribution in [1.82, 2.24) is 20.1 Å². The molecule has 196 valence electrons. The van der Waals surface area contributed by atoms with Crippen molar-refractivity contribution in [2.45, 2.75) is 103 Å². The first-order valence-electron chi connectivity index (χ1n) is 14.2. The first kappa shape index (κ1) is 25.3. The van der Waals surface area contributed by atoms with Gasteiger partial charge in [-0.25, -0.2) is 0 Å². The van der Waals surface area contributed by atoms with Crippen LogP contribution in [0.4, 0.5) is 0 Å². The lowest BCUT2D eigenvalue weighted by Gasteiger charge is -2.34. The van der Waals surface area contributed by atoms with Crippen LogP contribution in [0.3, 0.4) is 0 Å². The predicted octanol–water partition coefficient (Wildman–Crippen LogP) is 4.97. The fourth-order valence-corrected chi connectivity index (χ4v) is 7.05. The zero-order chi connectivity index (χ0) is 25.6. The molecule has 1 saturated carbocycles. The standard InChI is InChI=1S/C30H44N4O2/c1-6-20(5)29(35)32-27(18(2)3)30(36)33-14-13-26-28(33)24(17-34(26)21-9-7-8-10-21)23-16-31-25-15-19(4)11-12-22(23)25/h11-12,15-16,18,20-21,24,26-28,31H,6-10,13-14,17H2,1-5H3,(H,32,35)/t20-,24-,26-,27+,28-/m1/s1. The number of benzene rings is 1. The van der Waals surface area contributed by atoms with Crippen molar-refractivity contribution in [2.75, 3.05) is 13.1 Å². The Labute approximate surface area is 216 Å². The Balaban J connectivity index is 1.48. The van der Waals surface area contributed by atoms with Crippen LogP contribution in [0.15, 0.2) is 24.4 Å². The lowest BCUT2D eigenvalue weighted by molar-refractivity contribution is -0.139. The number of nitrogens with zero attached hydrogens (tertiary/aromatic N) is 2. The van der Waals surface area contributed by atoms with Crippen LogP contribution in [0.1, 0.15) is 83.3 Å². The SMILES string of the molecule is CC[C@@H](C)C(=O)N[C@H](C(=O)N1CC[C@@H]2[C@H]1[C@@H](c1c[nH]c3cc(C)ccc13)CN2C1CCCC1)C(C)C. The van der Waals surface area contributed by atoms with Crippen LogP contribution < -0.4 is 5.32 Å². The van der Waals surface area contributed by atoms with Gasteiger partial charge in [0.2, 0.25) is 11.8 Å². The van der Waals surface area contributed by atoms with E-state index >= 15 is 0 Å².